The number of fused-ring (bicyclic) bond motifs is 3. The van der Waals surface area contributed by atoms with Gasteiger partial charge in [0.25, 0.3) is 0 Å². The van der Waals surface area contributed by atoms with Crippen molar-refractivity contribution in [2.75, 3.05) is 0 Å². The van der Waals surface area contributed by atoms with E-state index in [1.54, 1.807) is 0 Å². The summed E-state index contributed by atoms with van der Waals surface area (Å²) in [4.78, 5) is 0. The van der Waals surface area contributed by atoms with Crippen LogP contribution in [0.25, 0.3) is 27.8 Å². The van der Waals surface area contributed by atoms with Crippen molar-refractivity contribution < 1.29 is 0 Å². The van der Waals surface area contributed by atoms with Gasteiger partial charge in [0.2, 0.25) is 0 Å². The van der Waals surface area contributed by atoms with E-state index >= 15 is 0 Å². The SMILES string of the molecule is Brc1ccc2c(c1)C(=C1C=CC=CC=C1)c1cc(-c3ccccc3)ccc1-2. The third kappa shape index (κ3) is 2.85. The van der Waals surface area contributed by atoms with Crippen molar-refractivity contribution in [3.05, 3.63) is 124 Å². The van der Waals surface area contributed by atoms with E-state index in [0.717, 1.165) is 4.47 Å². The summed E-state index contributed by atoms with van der Waals surface area (Å²) in [6.07, 6.45) is 12.8. The fraction of sp³-hybridized carbons (Fsp3) is 0. The summed E-state index contributed by atoms with van der Waals surface area (Å²) in [6.45, 7) is 0. The summed E-state index contributed by atoms with van der Waals surface area (Å²) in [7, 11) is 0. The molecule has 3 aromatic rings. The monoisotopic (exact) mass is 408 g/mol. The zero-order valence-electron chi connectivity index (χ0n) is 14.7. The van der Waals surface area contributed by atoms with Gasteiger partial charge < -0.3 is 0 Å². The molecule has 2 aliphatic carbocycles. The Balaban J connectivity index is 1.80. The first-order valence-corrected chi connectivity index (χ1v) is 9.86. The number of halogens is 1. The van der Waals surface area contributed by atoms with Gasteiger partial charge >= 0.3 is 0 Å². The van der Waals surface area contributed by atoms with Crippen LogP contribution < -0.4 is 0 Å². The second-order valence-electron chi connectivity index (χ2n) is 6.75. The van der Waals surface area contributed by atoms with E-state index in [2.05, 4.69) is 119 Å². The van der Waals surface area contributed by atoms with Gasteiger partial charge in [0, 0.05) is 4.47 Å². The van der Waals surface area contributed by atoms with E-state index in [9.17, 15) is 0 Å². The molecule has 0 saturated heterocycles. The summed E-state index contributed by atoms with van der Waals surface area (Å²) in [5.41, 5.74) is 10.2. The van der Waals surface area contributed by atoms with Crippen LogP contribution in [0.4, 0.5) is 0 Å². The largest absolute Gasteiger partial charge is 0.0622 e. The van der Waals surface area contributed by atoms with Crippen molar-refractivity contribution in [1.29, 1.82) is 0 Å². The predicted octanol–water partition coefficient (Wildman–Crippen LogP) is 7.58. The van der Waals surface area contributed by atoms with Crippen LogP contribution in [-0.2, 0) is 0 Å². The van der Waals surface area contributed by atoms with Gasteiger partial charge in [-0.1, -0.05) is 101 Å². The van der Waals surface area contributed by atoms with Gasteiger partial charge in [0.1, 0.15) is 0 Å². The molecule has 0 amide bonds. The van der Waals surface area contributed by atoms with Gasteiger partial charge in [-0.3, -0.25) is 0 Å². The maximum absolute atomic E-state index is 3.66. The second kappa shape index (κ2) is 6.68. The maximum Gasteiger partial charge on any atom is 0.0181 e. The fourth-order valence-electron chi connectivity index (χ4n) is 3.88. The molecule has 0 aromatic heterocycles. The van der Waals surface area contributed by atoms with E-state index in [-0.39, 0.29) is 0 Å². The molecule has 0 nitrogen and oxygen atoms in total. The average Bonchev–Trinajstić information content (AvgIpc) is 2.85. The van der Waals surface area contributed by atoms with Crippen molar-refractivity contribution >= 4 is 21.5 Å². The second-order valence-corrected chi connectivity index (χ2v) is 7.67. The van der Waals surface area contributed by atoms with E-state index in [1.807, 2.05) is 0 Å². The van der Waals surface area contributed by atoms with Gasteiger partial charge in [0.05, 0.1) is 0 Å². The van der Waals surface area contributed by atoms with Crippen LogP contribution in [0.15, 0.2) is 113 Å². The third-order valence-corrected chi connectivity index (χ3v) is 5.60. The minimum absolute atomic E-state index is 1.11. The zero-order valence-corrected chi connectivity index (χ0v) is 16.3. The van der Waals surface area contributed by atoms with Crippen LogP contribution >= 0.6 is 15.9 Å². The standard InChI is InChI=1S/C26H17Br/c27-21-13-15-23-22-14-12-20(18-8-6-3-7-9-18)16-24(22)26(25(23)17-21)19-10-4-1-2-5-11-19/h1-17H. The number of benzene rings is 3. The van der Waals surface area contributed by atoms with E-state index in [4.69, 9.17) is 0 Å². The summed E-state index contributed by atoms with van der Waals surface area (Å²) in [5.74, 6) is 0. The van der Waals surface area contributed by atoms with Crippen molar-refractivity contribution in [2.45, 2.75) is 0 Å². The minimum atomic E-state index is 1.11. The first-order valence-electron chi connectivity index (χ1n) is 9.07. The lowest BCUT2D eigenvalue weighted by atomic mass is 9.94. The van der Waals surface area contributed by atoms with E-state index in [1.165, 1.54) is 44.5 Å². The Bertz CT molecular complexity index is 1140. The fourth-order valence-corrected chi connectivity index (χ4v) is 4.24. The lowest BCUT2D eigenvalue weighted by Gasteiger charge is -2.09. The minimum Gasteiger partial charge on any atom is -0.0622 e. The molecular weight excluding hydrogens is 392 g/mol. The Kier molecular flexibility index (Phi) is 4.03. The molecule has 0 fully saturated rings. The number of hydrogen-bond donors (Lipinski definition) is 0. The molecule has 3 aromatic carbocycles. The highest BCUT2D eigenvalue weighted by atomic mass is 79.9. The Morgan fingerprint density at radius 1 is 0.519 bits per heavy atom. The molecule has 27 heavy (non-hydrogen) atoms. The third-order valence-electron chi connectivity index (χ3n) is 5.11. The average molecular weight is 409 g/mol. The molecule has 0 saturated carbocycles. The molecule has 0 bridgehead atoms. The smallest absolute Gasteiger partial charge is 0.0181 e. The normalized spacial score (nSPS) is 14.3. The highest BCUT2D eigenvalue weighted by Gasteiger charge is 2.25. The summed E-state index contributed by atoms with van der Waals surface area (Å²) >= 11 is 3.66. The number of rotatable bonds is 1. The van der Waals surface area contributed by atoms with Crippen molar-refractivity contribution in [3.63, 3.8) is 0 Å². The topological polar surface area (TPSA) is 0 Å². The molecule has 0 atom stereocenters. The van der Waals surface area contributed by atoms with Gasteiger partial charge in [-0.2, -0.15) is 0 Å². The van der Waals surface area contributed by atoms with Crippen LogP contribution in [-0.4, -0.2) is 0 Å². The van der Waals surface area contributed by atoms with E-state index in [0.29, 0.717) is 0 Å². The Labute approximate surface area is 168 Å². The summed E-state index contributed by atoms with van der Waals surface area (Å²) in [6, 6.07) is 24.0. The summed E-state index contributed by atoms with van der Waals surface area (Å²) < 4.78 is 1.11. The molecule has 0 aliphatic heterocycles. The van der Waals surface area contributed by atoms with Crippen LogP contribution in [0.1, 0.15) is 11.1 Å². The highest BCUT2D eigenvalue weighted by molar-refractivity contribution is 9.10. The molecule has 0 heterocycles. The predicted molar refractivity (Wildman–Crippen MR) is 118 cm³/mol. The van der Waals surface area contributed by atoms with Crippen LogP contribution in [0.5, 0.6) is 0 Å². The quantitative estimate of drug-likeness (QED) is 0.304. The van der Waals surface area contributed by atoms with Crippen molar-refractivity contribution in [2.24, 2.45) is 0 Å². The lowest BCUT2D eigenvalue weighted by molar-refractivity contribution is 1.58. The number of allylic oxidation sites excluding steroid dienone is 7. The number of hydrogen-bond acceptors (Lipinski definition) is 0. The van der Waals surface area contributed by atoms with Crippen molar-refractivity contribution in [3.8, 4) is 22.3 Å². The Morgan fingerprint density at radius 2 is 1.19 bits per heavy atom. The van der Waals surface area contributed by atoms with Crippen LogP contribution in [0.2, 0.25) is 0 Å². The first kappa shape index (κ1) is 16.3. The van der Waals surface area contributed by atoms with Gasteiger partial charge in [-0.25, -0.2) is 0 Å². The maximum atomic E-state index is 3.66. The van der Waals surface area contributed by atoms with Gasteiger partial charge in [-0.05, 0) is 62.7 Å². The Morgan fingerprint density at radius 3 is 1.93 bits per heavy atom. The molecule has 0 radical (unpaired) electrons. The molecule has 0 spiro atoms. The highest BCUT2D eigenvalue weighted by Crippen LogP contribution is 2.48. The lowest BCUT2D eigenvalue weighted by Crippen LogP contribution is -1.88. The van der Waals surface area contributed by atoms with Crippen LogP contribution in [0, 0.1) is 0 Å². The van der Waals surface area contributed by atoms with Crippen LogP contribution in [0.3, 0.4) is 0 Å². The molecule has 1 heteroatoms. The van der Waals surface area contributed by atoms with Gasteiger partial charge in [-0.15, -0.1) is 0 Å². The first-order chi connectivity index (χ1) is 13.3. The van der Waals surface area contributed by atoms with E-state index < -0.39 is 0 Å². The molecule has 0 N–H and O–H groups in total. The summed E-state index contributed by atoms with van der Waals surface area (Å²) in [5, 5.41) is 0. The molecule has 5 rings (SSSR count). The molecular formula is C26H17Br. The molecule has 128 valence electrons. The zero-order chi connectivity index (χ0) is 18.2. The molecule has 0 unspecified atom stereocenters. The Hall–Kier alpha value is -2.90. The van der Waals surface area contributed by atoms with Crippen molar-refractivity contribution in [1.82, 2.24) is 0 Å². The molecule has 2 aliphatic rings. The van der Waals surface area contributed by atoms with Gasteiger partial charge in [0.15, 0.2) is 0 Å².